The van der Waals surface area contributed by atoms with Crippen LogP contribution < -0.4 is 0 Å². The van der Waals surface area contributed by atoms with Gasteiger partial charge < -0.3 is 0 Å². The van der Waals surface area contributed by atoms with Crippen LogP contribution >= 0.6 is 23.2 Å². The molecule has 0 aromatic heterocycles. The first-order chi connectivity index (χ1) is 5.45. The Morgan fingerprint density at radius 2 is 1.92 bits per heavy atom. The van der Waals surface area contributed by atoms with Crippen molar-refractivity contribution in [1.29, 1.82) is 0 Å². The van der Waals surface area contributed by atoms with E-state index >= 15 is 0 Å². The molecule has 0 aliphatic heterocycles. The number of carbonyl (C=O) groups excluding carboxylic acids is 1. The summed E-state index contributed by atoms with van der Waals surface area (Å²) in [7, 11) is 0. The third kappa shape index (κ3) is 0.898. The second-order valence-corrected chi connectivity index (χ2v) is 5.58. The van der Waals surface area contributed by atoms with Gasteiger partial charge in [-0.05, 0) is 11.3 Å². The number of ketones is 1. The van der Waals surface area contributed by atoms with Crippen LogP contribution in [0, 0.1) is 17.3 Å². The third-order valence-corrected chi connectivity index (χ3v) is 4.50. The van der Waals surface area contributed by atoms with Gasteiger partial charge in [-0.1, -0.05) is 13.8 Å². The van der Waals surface area contributed by atoms with Crippen LogP contribution in [0.4, 0.5) is 0 Å². The first-order valence-corrected chi connectivity index (χ1v) is 5.13. The van der Waals surface area contributed by atoms with Crippen LogP contribution in [0.3, 0.4) is 0 Å². The molecule has 2 rings (SSSR count). The molecular weight excluding hydrogens is 195 g/mol. The molecule has 2 fully saturated rings. The lowest BCUT2D eigenvalue weighted by Gasteiger charge is -2.46. The Morgan fingerprint density at radius 1 is 1.33 bits per heavy atom. The van der Waals surface area contributed by atoms with Gasteiger partial charge in [-0.3, -0.25) is 4.79 Å². The topological polar surface area (TPSA) is 17.1 Å². The van der Waals surface area contributed by atoms with E-state index < -0.39 is 0 Å². The molecule has 0 heterocycles. The van der Waals surface area contributed by atoms with Gasteiger partial charge in [0.05, 0.1) is 10.8 Å². The summed E-state index contributed by atoms with van der Waals surface area (Å²) in [6.45, 7) is 4.21. The van der Waals surface area contributed by atoms with Crippen molar-refractivity contribution in [2.24, 2.45) is 17.3 Å². The molecule has 0 aromatic carbocycles. The van der Waals surface area contributed by atoms with Gasteiger partial charge in [-0.2, -0.15) is 0 Å². The van der Waals surface area contributed by atoms with Crippen LogP contribution in [-0.2, 0) is 4.79 Å². The van der Waals surface area contributed by atoms with E-state index in [4.69, 9.17) is 23.2 Å². The molecule has 4 atom stereocenters. The summed E-state index contributed by atoms with van der Waals surface area (Å²) in [6, 6.07) is 0. The van der Waals surface area contributed by atoms with Crippen molar-refractivity contribution >= 4 is 29.0 Å². The predicted octanol–water partition coefficient (Wildman–Crippen LogP) is 2.45. The fraction of sp³-hybridized carbons (Fsp3) is 0.889. The van der Waals surface area contributed by atoms with E-state index in [1.54, 1.807) is 0 Å². The van der Waals surface area contributed by atoms with Gasteiger partial charge in [-0.25, -0.2) is 0 Å². The molecule has 0 spiro atoms. The van der Waals surface area contributed by atoms with Crippen LogP contribution in [0.2, 0.25) is 0 Å². The van der Waals surface area contributed by atoms with Crippen molar-refractivity contribution in [2.45, 2.75) is 31.0 Å². The standard InChI is InChI=1S/C9H12Cl2O/c1-9(2)3-4(12)5-6(9)8(11)7(5)10/h5-8H,3H2,1-2H3. The summed E-state index contributed by atoms with van der Waals surface area (Å²) < 4.78 is 0. The molecule has 3 heteroatoms. The molecule has 2 saturated carbocycles. The zero-order valence-corrected chi connectivity index (χ0v) is 8.69. The van der Waals surface area contributed by atoms with Gasteiger partial charge in [0.15, 0.2) is 0 Å². The monoisotopic (exact) mass is 206 g/mol. The Labute approximate surface area is 82.4 Å². The highest BCUT2D eigenvalue weighted by molar-refractivity contribution is 6.33. The van der Waals surface area contributed by atoms with Crippen molar-refractivity contribution in [2.75, 3.05) is 0 Å². The van der Waals surface area contributed by atoms with E-state index in [1.807, 2.05) is 0 Å². The zero-order valence-electron chi connectivity index (χ0n) is 7.18. The van der Waals surface area contributed by atoms with Crippen molar-refractivity contribution < 1.29 is 4.79 Å². The molecule has 0 aromatic rings. The number of halogens is 2. The molecule has 4 unspecified atom stereocenters. The summed E-state index contributed by atoms with van der Waals surface area (Å²) in [5.74, 6) is 0.667. The normalized spacial score (nSPS) is 50.2. The second kappa shape index (κ2) is 2.39. The highest BCUT2D eigenvalue weighted by atomic mass is 35.5. The minimum atomic E-state index is -0.119. The first-order valence-electron chi connectivity index (χ1n) is 4.26. The maximum atomic E-state index is 11.5. The molecular formula is C9H12Cl2O. The average molecular weight is 207 g/mol. The van der Waals surface area contributed by atoms with E-state index in [0.717, 1.165) is 0 Å². The summed E-state index contributed by atoms with van der Waals surface area (Å²) in [6.07, 6.45) is 0.648. The Hall–Kier alpha value is 0.250. The Morgan fingerprint density at radius 3 is 2.42 bits per heavy atom. The predicted molar refractivity (Wildman–Crippen MR) is 49.7 cm³/mol. The van der Waals surface area contributed by atoms with Crippen LogP contribution in [-0.4, -0.2) is 16.5 Å². The van der Waals surface area contributed by atoms with E-state index in [-0.39, 0.29) is 22.1 Å². The average Bonchev–Trinajstić information content (AvgIpc) is 2.16. The van der Waals surface area contributed by atoms with E-state index in [9.17, 15) is 4.79 Å². The largest absolute Gasteiger partial charge is 0.299 e. The SMILES string of the molecule is CC1(C)CC(=O)C2C(Cl)C(Cl)C21. The van der Waals surface area contributed by atoms with Gasteiger partial charge in [0.25, 0.3) is 0 Å². The van der Waals surface area contributed by atoms with E-state index in [0.29, 0.717) is 18.1 Å². The maximum Gasteiger partial charge on any atom is 0.138 e. The third-order valence-electron chi connectivity index (χ3n) is 3.28. The van der Waals surface area contributed by atoms with E-state index in [2.05, 4.69) is 13.8 Å². The molecule has 12 heavy (non-hydrogen) atoms. The van der Waals surface area contributed by atoms with E-state index in [1.165, 1.54) is 0 Å². The fourth-order valence-corrected chi connectivity index (χ4v) is 3.74. The number of Topliss-reactive ketones (excluding diaryl/α,β-unsaturated/α-hetero) is 1. The van der Waals surface area contributed by atoms with Crippen LogP contribution in [0.25, 0.3) is 0 Å². The number of carbonyl (C=O) groups is 1. The lowest BCUT2D eigenvalue weighted by molar-refractivity contribution is -0.122. The zero-order chi connectivity index (χ0) is 9.09. The number of rotatable bonds is 0. The fourth-order valence-electron chi connectivity index (χ4n) is 2.63. The number of fused-ring (bicyclic) bond motifs is 1. The molecule has 0 amide bonds. The summed E-state index contributed by atoms with van der Waals surface area (Å²) in [5, 5.41) is -0.121. The molecule has 0 bridgehead atoms. The molecule has 1 nitrogen and oxygen atoms in total. The maximum absolute atomic E-state index is 11.5. The Kier molecular flexibility index (Phi) is 1.76. The lowest BCUT2D eigenvalue weighted by atomic mass is 9.66. The molecule has 0 N–H and O–H groups in total. The molecule has 68 valence electrons. The van der Waals surface area contributed by atoms with Crippen LogP contribution in [0.5, 0.6) is 0 Å². The van der Waals surface area contributed by atoms with Crippen molar-refractivity contribution in [3.8, 4) is 0 Å². The Bertz CT molecular complexity index is 237. The highest BCUT2D eigenvalue weighted by Gasteiger charge is 2.62. The van der Waals surface area contributed by atoms with Crippen molar-refractivity contribution in [3.63, 3.8) is 0 Å². The smallest absolute Gasteiger partial charge is 0.138 e. The van der Waals surface area contributed by atoms with Gasteiger partial charge in [0, 0.05) is 12.3 Å². The Balaban J connectivity index is 2.28. The van der Waals surface area contributed by atoms with Gasteiger partial charge in [0.1, 0.15) is 5.78 Å². The molecule has 2 aliphatic rings. The number of alkyl halides is 2. The number of hydrogen-bond donors (Lipinski definition) is 0. The van der Waals surface area contributed by atoms with Gasteiger partial charge in [0.2, 0.25) is 0 Å². The molecule has 0 saturated heterocycles. The molecule has 0 radical (unpaired) electrons. The van der Waals surface area contributed by atoms with Crippen LogP contribution in [0.1, 0.15) is 20.3 Å². The van der Waals surface area contributed by atoms with Crippen molar-refractivity contribution in [3.05, 3.63) is 0 Å². The summed E-state index contributed by atoms with van der Waals surface area (Å²) >= 11 is 12.0. The first kappa shape index (κ1) is 8.83. The van der Waals surface area contributed by atoms with Crippen LogP contribution in [0.15, 0.2) is 0 Å². The quantitative estimate of drug-likeness (QED) is 0.557. The lowest BCUT2D eigenvalue weighted by Crippen LogP contribution is -2.52. The number of hydrogen-bond acceptors (Lipinski definition) is 1. The van der Waals surface area contributed by atoms with Gasteiger partial charge in [-0.15, -0.1) is 23.2 Å². The molecule has 2 aliphatic carbocycles. The summed E-state index contributed by atoms with van der Waals surface area (Å²) in [5.41, 5.74) is 0.0690. The highest BCUT2D eigenvalue weighted by Crippen LogP contribution is 2.58. The minimum Gasteiger partial charge on any atom is -0.299 e. The summed E-state index contributed by atoms with van der Waals surface area (Å²) in [4.78, 5) is 11.5. The van der Waals surface area contributed by atoms with Crippen molar-refractivity contribution in [1.82, 2.24) is 0 Å². The minimum absolute atomic E-state index is 0.00174. The van der Waals surface area contributed by atoms with Gasteiger partial charge >= 0.3 is 0 Å². The second-order valence-electron chi connectivity index (χ2n) is 4.57.